The molecule has 0 aliphatic carbocycles. The average Bonchev–Trinajstić information content (AvgIpc) is 2.87. The van der Waals surface area contributed by atoms with Gasteiger partial charge in [-0.3, -0.25) is 0 Å². The van der Waals surface area contributed by atoms with E-state index in [0.29, 0.717) is 0 Å². The minimum Gasteiger partial charge on any atom is -0.359 e. The van der Waals surface area contributed by atoms with Crippen LogP contribution in [0.1, 0.15) is 22.8 Å². The van der Waals surface area contributed by atoms with E-state index in [-0.39, 0.29) is 0 Å². The van der Waals surface area contributed by atoms with Crippen LogP contribution in [-0.2, 0) is 6.42 Å². The number of H-pyrrole nitrogens is 2. The number of rotatable bonds is 4. The van der Waals surface area contributed by atoms with E-state index in [2.05, 4.69) is 35.3 Å². The molecule has 0 amide bonds. The van der Waals surface area contributed by atoms with Gasteiger partial charge in [-0.1, -0.05) is 13.2 Å². The molecule has 2 nitrogen and oxygen atoms in total. The van der Waals surface area contributed by atoms with Crippen molar-refractivity contribution in [3.05, 3.63) is 60.2 Å². The fourth-order valence-electron chi connectivity index (χ4n) is 1.57. The van der Waals surface area contributed by atoms with Crippen LogP contribution in [0.2, 0.25) is 0 Å². The Kier molecular flexibility index (Phi) is 2.59. The molecule has 2 heteroatoms. The van der Waals surface area contributed by atoms with Gasteiger partial charge in [0.15, 0.2) is 0 Å². The molecule has 15 heavy (non-hydrogen) atoms. The van der Waals surface area contributed by atoms with Gasteiger partial charge >= 0.3 is 0 Å². The van der Waals surface area contributed by atoms with Crippen LogP contribution < -0.4 is 0 Å². The fourth-order valence-corrected chi connectivity index (χ4v) is 1.57. The van der Waals surface area contributed by atoms with Crippen molar-refractivity contribution in [3.8, 4) is 0 Å². The predicted molar refractivity (Wildman–Crippen MR) is 64.6 cm³/mol. The van der Waals surface area contributed by atoms with Gasteiger partial charge in [-0.2, -0.15) is 0 Å². The molecule has 2 heterocycles. The van der Waals surface area contributed by atoms with E-state index >= 15 is 0 Å². The van der Waals surface area contributed by atoms with Gasteiger partial charge in [0, 0.05) is 29.2 Å². The molecule has 0 aliphatic rings. The van der Waals surface area contributed by atoms with Crippen molar-refractivity contribution in [1.29, 1.82) is 0 Å². The maximum atomic E-state index is 3.72. The van der Waals surface area contributed by atoms with Gasteiger partial charge < -0.3 is 9.97 Å². The third kappa shape index (κ3) is 2.10. The molecular formula is C13H14N2. The molecule has 0 aliphatic heterocycles. The van der Waals surface area contributed by atoms with Gasteiger partial charge in [0.25, 0.3) is 0 Å². The zero-order chi connectivity index (χ0) is 10.7. The number of aromatic nitrogens is 2. The van der Waals surface area contributed by atoms with E-state index in [4.69, 9.17) is 0 Å². The van der Waals surface area contributed by atoms with E-state index in [1.165, 1.54) is 11.4 Å². The Morgan fingerprint density at radius 2 is 1.33 bits per heavy atom. The first-order valence-corrected chi connectivity index (χ1v) is 4.92. The Morgan fingerprint density at radius 3 is 1.67 bits per heavy atom. The molecular weight excluding hydrogens is 184 g/mol. The summed E-state index contributed by atoms with van der Waals surface area (Å²) >= 11 is 0. The van der Waals surface area contributed by atoms with Crippen molar-refractivity contribution in [2.75, 3.05) is 0 Å². The van der Waals surface area contributed by atoms with E-state index < -0.39 is 0 Å². The summed E-state index contributed by atoms with van der Waals surface area (Å²) in [5.41, 5.74) is 4.48. The number of hydrogen-bond acceptors (Lipinski definition) is 0. The summed E-state index contributed by atoms with van der Waals surface area (Å²) < 4.78 is 0. The van der Waals surface area contributed by atoms with Crippen molar-refractivity contribution >= 4 is 12.2 Å². The molecule has 0 unspecified atom stereocenters. The standard InChI is InChI=1S/C13H14N2/c1-3-10-5-7-12(14-10)9-13-8-6-11(4-2)15-13/h3-8,14-15H,1-2,9H2. The average molecular weight is 198 g/mol. The molecule has 0 saturated heterocycles. The van der Waals surface area contributed by atoms with E-state index in [1.54, 1.807) is 0 Å². The van der Waals surface area contributed by atoms with Crippen LogP contribution in [0, 0.1) is 0 Å². The zero-order valence-electron chi connectivity index (χ0n) is 8.59. The highest BCUT2D eigenvalue weighted by Gasteiger charge is 2.00. The lowest BCUT2D eigenvalue weighted by molar-refractivity contribution is 1.05. The van der Waals surface area contributed by atoms with E-state index in [1.807, 2.05) is 24.3 Å². The van der Waals surface area contributed by atoms with Crippen molar-refractivity contribution in [1.82, 2.24) is 9.97 Å². The Hall–Kier alpha value is -1.96. The molecule has 2 aromatic rings. The maximum Gasteiger partial charge on any atom is 0.0376 e. The monoisotopic (exact) mass is 198 g/mol. The summed E-state index contributed by atoms with van der Waals surface area (Å²) in [7, 11) is 0. The van der Waals surface area contributed by atoms with Gasteiger partial charge in [-0.05, 0) is 36.4 Å². The van der Waals surface area contributed by atoms with Crippen molar-refractivity contribution in [2.45, 2.75) is 6.42 Å². The smallest absolute Gasteiger partial charge is 0.0376 e. The topological polar surface area (TPSA) is 31.6 Å². The van der Waals surface area contributed by atoms with Crippen LogP contribution >= 0.6 is 0 Å². The molecule has 0 radical (unpaired) electrons. The Labute approximate surface area is 89.4 Å². The van der Waals surface area contributed by atoms with E-state index in [9.17, 15) is 0 Å². The fraction of sp³-hybridized carbons (Fsp3) is 0.0769. The Bertz CT molecular complexity index is 430. The lowest BCUT2D eigenvalue weighted by atomic mass is 10.2. The highest BCUT2D eigenvalue weighted by molar-refractivity contribution is 5.44. The third-order valence-corrected chi connectivity index (χ3v) is 2.36. The molecule has 76 valence electrons. The Morgan fingerprint density at radius 1 is 0.867 bits per heavy atom. The second-order valence-corrected chi connectivity index (χ2v) is 3.46. The highest BCUT2D eigenvalue weighted by Crippen LogP contribution is 2.10. The molecule has 0 aromatic carbocycles. The van der Waals surface area contributed by atoms with Gasteiger partial charge in [-0.15, -0.1) is 0 Å². The summed E-state index contributed by atoms with van der Waals surface area (Å²) in [4.78, 5) is 6.55. The van der Waals surface area contributed by atoms with Crippen LogP contribution in [0.25, 0.3) is 12.2 Å². The number of nitrogens with one attached hydrogen (secondary N) is 2. The summed E-state index contributed by atoms with van der Waals surface area (Å²) in [5, 5.41) is 0. The molecule has 2 aromatic heterocycles. The molecule has 0 bridgehead atoms. The quantitative estimate of drug-likeness (QED) is 0.756. The molecule has 0 atom stereocenters. The second kappa shape index (κ2) is 4.05. The number of aromatic amines is 2. The first-order valence-electron chi connectivity index (χ1n) is 4.92. The van der Waals surface area contributed by atoms with Crippen molar-refractivity contribution < 1.29 is 0 Å². The minimum atomic E-state index is 0.877. The molecule has 2 rings (SSSR count). The van der Waals surface area contributed by atoms with Crippen molar-refractivity contribution in [3.63, 3.8) is 0 Å². The summed E-state index contributed by atoms with van der Waals surface area (Å²) in [6.45, 7) is 7.43. The van der Waals surface area contributed by atoms with Gasteiger partial charge in [0.05, 0.1) is 0 Å². The van der Waals surface area contributed by atoms with Crippen LogP contribution in [-0.4, -0.2) is 9.97 Å². The molecule has 0 spiro atoms. The summed E-state index contributed by atoms with van der Waals surface area (Å²) in [6.07, 6.45) is 4.50. The highest BCUT2D eigenvalue weighted by atomic mass is 14.8. The van der Waals surface area contributed by atoms with E-state index in [0.717, 1.165) is 17.8 Å². The first kappa shape index (κ1) is 9.59. The molecule has 0 fully saturated rings. The van der Waals surface area contributed by atoms with Crippen LogP contribution in [0.3, 0.4) is 0 Å². The van der Waals surface area contributed by atoms with Gasteiger partial charge in [-0.25, -0.2) is 0 Å². The summed E-state index contributed by atoms with van der Waals surface area (Å²) in [6, 6.07) is 8.20. The Balaban J connectivity index is 2.13. The lowest BCUT2D eigenvalue weighted by Gasteiger charge is -1.95. The van der Waals surface area contributed by atoms with Crippen molar-refractivity contribution in [2.24, 2.45) is 0 Å². The predicted octanol–water partition coefficient (Wildman–Crippen LogP) is 3.22. The maximum absolute atomic E-state index is 3.72. The minimum absolute atomic E-state index is 0.877. The van der Waals surface area contributed by atoms with Gasteiger partial charge in [0.2, 0.25) is 0 Å². The van der Waals surface area contributed by atoms with Crippen LogP contribution in [0.4, 0.5) is 0 Å². The summed E-state index contributed by atoms with van der Waals surface area (Å²) in [5.74, 6) is 0. The zero-order valence-corrected chi connectivity index (χ0v) is 8.59. The second-order valence-electron chi connectivity index (χ2n) is 3.46. The lowest BCUT2D eigenvalue weighted by Crippen LogP contribution is -1.88. The normalized spacial score (nSPS) is 10.1. The SMILES string of the molecule is C=Cc1ccc(Cc2ccc(C=C)[nH]2)[nH]1. The molecule has 2 N–H and O–H groups in total. The molecule has 0 saturated carbocycles. The first-order chi connectivity index (χ1) is 7.31. The largest absolute Gasteiger partial charge is 0.359 e. The number of hydrogen-bond donors (Lipinski definition) is 2. The third-order valence-electron chi connectivity index (χ3n) is 2.36. The van der Waals surface area contributed by atoms with Crippen LogP contribution in [0.5, 0.6) is 0 Å². The van der Waals surface area contributed by atoms with Gasteiger partial charge in [0.1, 0.15) is 0 Å². The van der Waals surface area contributed by atoms with Crippen LogP contribution in [0.15, 0.2) is 37.4 Å².